The number of hydrogen-bond donors (Lipinski definition) is 1. The van der Waals surface area contributed by atoms with Gasteiger partial charge >= 0.3 is 0 Å². The zero-order valence-corrected chi connectivity index (χ0v) is 15.1. The number of hydrogen-bond acceptors (Lipinski definition) is 2. The van der Waals surface area contributed by atoms with Gasteiger partial charge in [-0.2, -0.15) is 0 Å². The molecule has 5 rings (SSSR count). The van der Waals surface area contributed by atoms with Gasteiger partial charge in [0.05, 0.1) is 5.69 Å². The highest BCUT2D eigenvalue weighted by molar-refractivity contribution is 9.10. The molecule has 0 radical (unpaired) electrons. The maximum absolute atomic E-state index is 13.0. The first-order chi connectivity index (χ1) is 12.6. The molecule has 4 aromatic rings. The lowest BCUT2D eigenvalue weighted by Gasteiger charge is -2.22. The fraction of sp³-hybridized carbons (Fsp3) is 0. The first-order valence-corrected chi connectivity index (χ1v) is 9.03. The molecule has 0 unspecified atom stereocenters. The van der Waals surface area contributed by atoms with Gasteiger partial charge in [0, 0.05) is 31.9 Å². The Morgan fingerprint density at radius 3 is 2.19 bits per heavy atom. The predicted molar refractivity (Wildman–Crippen MR) is 107 cm³/mol. The molecule has 26 heavy (non-hydrogen) atoms. The van der Waals surface area contributed by atoms with Crippen LogP contribution in [0.3, 0.4) is 0 Å². The summed E-state index contributed by atoms with van der Waals surface area (Å²) in [7, 11) is 0. The minimum atomic E-state index is -0.185. The molecule has 0 amide bonds. The maximum Gasteiger partial charge on any atom is 0.256 e. The van der Waals surface area contributed by atoms with Gasteiger partial charge in [-0.3, -0.25) is 9.59 Å². The van der Waals surface area contributed by atoms with Crippen LogP contribution in [-0.2, 0) is 0 Å². The molecule has 1 aromatic heterocycles. The summed E-state index contributed by atoms with van der Waals surface area (Å²) in [6, 6.07) is 20.7. The van der Waals surface area contributed by atoms with Gasteiger partial charge in [0.15, 0.2) is 5.78 Å². The highest BCUT2D eigenvalue weighted by Crippen LogP contribution is 2.42. The first-order valence-electron chi connectivity index (χ1n) is 8.24. The summed E-state index contributed by atoms with van der Waals surface area (Å²) in [5.41, 5.74) is 4.47. The summed E-state index contributed by atoms with van der Waals surface area (Å²) in [6.07, 6.45) is 0. The van der Waals surface area contributed by atoms with Crippen molar-refractivity contribution < 1.29 is 4.79 Å². The van der Waals surface area contributed by atoms with Crippen LogP contribution in [0.1, 0.15) is 15.9 Å². The van der Waals surface area contributed by atoms with Crippen LogP contribution in [0.25, 0.3) is 33.2 Å². The van der Waals surface area contributed by atoms with E-state index in [1.54, 1.807) is 18.2 Å². The number of benzene rings is 3. The van der Waals surface area contributed by atoms with Crippen LogP contribution in [0, 0.1) is 0 Å². The molecule has 0 atom stereocenters. The number of carbonyl (C=O) groups is 1. The summed E-state index contributed by atoms with van der Waals surface area (Å²) < 4.78 is 0.967. The number of ketones is 1. The van der Waals surface area contributed by atoms with E-state index in [0.717, 1.165) is 32.2 Å². The highest BCUT2D eigenvalue weighted by atomic mass is 79.9. The SMILES string of the molecule is O=C1c2ccccc2-c2c(-c3ccc(Br)cc3)[nH]c(=O)c3cccc1c23. The molecular formula is C22H12BrNO2. The Bertz CT molecular complexity index is 1270. The fourth-order valence-electron chi connectivity index (χ4n) is 3.72. The third kappa shape index (κ3) is 2.06. The van der Waals surface area contributed by atoms with Gasteiger partial charge < -0.3 is 4.98 Å². The van der Waals surface area contributed by atoms with Crippen LogP contribution < -0.4 is 5.56 Å². The predicted octanol–water partition coefficient (Wildman–Crippen LogP) is 5.17. The molecule has 3 nitrogen and oxygen atoms in total. The van der Waals surface area contributed by atoms with Gasteiger partial charge in [0.2, 0.25) is 0 Å². The Kier molecular flexibility index (Phi) is 3.24. The smallest absolute Gasteiger partial charge is 0.256 e. The van der Waals surface area contributed by atoms with Crippen molar-refractivity contribution >= 4 is 32.5 Å². The normalized spacial score (nSPS) is 12.3. The first kappa shape index (κ1) is 15.3. The monoisotopic (exact) mass is 401 g/mol. The number of fused-ring (bicyclic) bond motifs is 2. The third-order valence-corrected chi connectivity index (χ3v) is 5.39. The van der Waals surface area contributed by atoms with E-state index in [2.05, 4.69) is 20.9 Å². The molecule has 1 aliphatic rings. The fourth-order valence-corrected chi connectivity index (χ4v) is 3.98. The van der Waals surface area contributed by atoms with Crippen molar-refractivity contribution in [1.82, 2.24) is 4.98 Å². The second-order valence-electron chi connectivity index (χ2n) is 6.31. The summed E-state index contributed by atoms with van der Waals surface area (Å²) in [5.74, 6) is -0.0361. The number of halogens is 1. The van der Waals surface area contributed by atoms with E-state index >= 15 is 0 Å². The van der Waals surface area contributed by atoms with E-state index in [1.165, 1.54) is 0 Å². The number of pyridine rings is 1. The van der Waals surface area contributed by atoms with Crippen molar-refractivity contribution in [3.63, 3.8) is 0 Å². The topological polar surface area (TPSA) is 49.9 Å². The average Bonchev–Trinajstić information content (AvgIpc) is 2.67. The van der Waals surface area contributed by atoms with Crippen molar-refractivity contribution in [2.75, 3.05) is 0 Å². The van der Waals surface area contributed by atoms with E-state index in [4.69, 9.17) is 0 Å². The van der Waals surface area contributed by atoms with Crippen molar-refractivity contribution in [2.45, 2.75) is 0 Å². The summed E-state index contributed by atoms with van der Waals surface area (Å²) in [4.78, 5) is 28.7. The van der Waals surface area contributed by atoms with Crippen LogP contribution in [0.4, 0.5) is 0 Å². The number of H-pyrrole nitrogens is 1. The van der Waals surface area contributed by atoms with E-state index in [9.17, 15) is 9.59 Å². The van der Waals surface area contributed by atoms with Crippen molar-refractivity contribution in [2.24, 2.45) is 0 Å². The van der Waals surface area contributed by atoms with Gasteiger partial charge in [0.1, 0.15) is 0 Å². The van der Waals surface area contributed by atoms with Gasteiger partial charge in [0.25, 0.3) is 5.56 Å². The number of carbonyl (C=O) groups excluding carboxylic acids is 1. The van der Waals surface area contributed by atoms with E-state index in [1.807, 2.05) is 48.5 Å². The Morgan fingerprint density at radius 2 is 1.42 bits per heavy atom. The quantitative estimate of drug-likeness (QED) is 0.421. The van der Waals surface area contributed by atoms with E-state index < -0.39 is 0 Å². The van der Waals surface area contributed by atoms with Crippen molar-refractivity contribution in [3.8, 4) is 22.4 Å². The van der Waals surface area contributed by atoms with Crippen molar-refractivity contribution in [3.05, 3.63) is 92.7 Å². The Hall–Kier alpha value is -2.98. The third-order valence-electron chi connectivity index (χ3n) is 4.87. The maximum atomic E-state index is 13.0. The molecule has 1 aliphatic carbocycles. The van der Waals surface area contributed by atoms with Crippen molar-refractivity contribution in [1.29, 1.82) is 0 Å². The van der Waals surface area contributed by atoms with Crippen LogP contribution in [0.2, 0.25) is 0 Å². The minimum absolute atomic E-state index is 0.0361. The second kappa shape index (κ2) is 5.51. The van der Waals surface area contributed by atoms with Gasteiger partial charge in [-0.05, 0) is 29.3 Å². The highest BCUT2D eigenvalue weighted by Gasteiger charge is 2.28. The molecule has 0 aliphatic heterocycles. The molecular weight excluding hydrogens is 390 g/mol. The lowest BCUT2D eigenvalue weighted by molar-refractivity contribution is 0.104. The Balaban J connectivity index is 2.01. The lowest BCUT2D eigenvalue weighted by Crippen LogP contribution is -2.16. The molecule has 0 spiro atoms. The van der Waals surface area contributed by atoms with Crippen LogP contribution >= 0.6 is 15.9 Å². The average molecular weight is 402 g/mol. The molecule has 0 fully saturated rings. The molecule has 0 bridgehead atoms. The van der Waals surface area contributed by atoms with Gasteiger partial charge in [-0.1, -0.05) is 64.5 Å². The van der Waals surface area contributed by atoms with E-state index in [-0.39, 0.29) is 11.3 Å². The number of rotatable bonds is 1. The minimum Gasteiger partial charge on any atom is -0.321 e. The summed E-state index contributed by atoms with van der Waals surface area (Å²) >= 11 is 3.45. The molecule has 3 aromatic carbocycles. The van der Waals surface area contributed by atoms with Crippen LogP contribution in [0.15, 0.2) is 76.0 Å². The lowest BCUT2D eigenvalue weighted by atomic mass is 9.81. The molecule has 0 saturated carbocycles. The molecule has 4 heteroatoms. The Labute approximate surface area is 157 Å². The Morgan fingerprint density at radius 1 is 0.731 bits per heavy atom. The number of aromatic nitrogens is 1. The summed E-state index contributed by atoms with van der Waals surface area (Å²) in [6.45, 7) is 0. The molecule has 0 saturated heterocycles. The van der Waals surface area contributed by atoms with Gasteiger partial charge in [-0.15, -0.1) is 0 Å². The van der Waals surface area contributed by atoms with E-state index in [0.29, 0.717) is 16.5 Å². The zero-order valence-electron chi connectivity index (χ0n) is 13.5. The largest absolute Gasteiger partial charge is 0.321 e. The van der Waals surface area contributed by atoms with Crippen LogP contribution in [0.5, 0.6) is 0 Å². The molecule has 1 N–H and O–H groups in total. The number of nitrogens with one attached hydrogen (secondary N) is 1. The number of aromatic amines is 1. The standard InChI is InChI=1S/C22H12BrNO2/c23-13-10-8-12(9-11-13)20-19-14-4-1-2-5-15(14)21(25)16-6-3-7-17(18(16)19)22(26)24-20/h1-11H,(H,24,26). The zero-order chi connectivity index (χ0) is 17.8. The van der Waals surface area contributed by atoms with Crippen LogP contribution in [-0.4, -0.2) is 10.8 Å². The summed E-state index contributed by atoms with van der Waals surface area (Å²) in [5, 5.41) is 1.28. The van der Waals surface area contributed by atoms with Gasteiger partial charge in [-0.25, -0.2) is 0 Å². The second-order valence-corrected chi connectivity index (χ2v) is 7.23. The molecule has 1 heterocycles. The molecule has 124 valence electrons.